The van der Waals surface area contributed by atoms with Gasteiger partial charge >= 0.3 is 0 Å². The third kappa shape index (κ3) is 1.84. The number of methoxy groups -OCH3 is 1. The van der Waals surface area contributed by atoms with E-state index in [0.29, 0.717) is 11.9 Å². The molecule has 1 unspecified atom stereocenters. The van der Waals surface area contributed by atoms with Gasteiger partial charge in [-0.15, -0.1) is 5.10 Å². The number of aryl methyl sites for hydroxylation is 1. The first-order valence-corrected chi connectivity index (χ1v) is 5.05. The minimum absolute atomic E-state index is 0.521. The van der Waals surface area contributed by atoms with E-state index in [9.17, 15) is 0 Å². The van der Waals surface area contributed by atoms with Gasteiger partial charge in [0.1, 0.15) is 5.69 Å². The van der Waals surface area contributed by atoms with Crippen molar-refractivity contribution in [2.45, 2.75) is 25.8 Å². The van der Waals surface area contributed by atoms with Gasteiger partial charge in [-0.2, -0.15) is 0 Å². The van der Waals surface area contributed by atoms with Crippen molar-refractivity contribution >= 4 is 5.69 Å². The fraction of sp³-hybridized carbons (Fsp3) is 0.700. The van der Waals surface area contributed by atoms with Gasteiger partial charge in [-0.05, 0) is 25.7 Å². The summed E-state index contributed by atoms with van der Waals surface area (Å²) in [5.74, 6) is 1.51. The molecule has 1 aliphatic rings. The van der Waals surface area contributed by atoms with Crippen molar-refractivity contribution in [2.24, 2.45) is 13.0 Å². The molecule has 0 radical (unpaired) electrons. The summed E-state index contributed by atoms with van der Waals surface area (Å²) in [5, 5.41) is 7.63. The van der Waals surface area contributed by atoms with Crippen molar-refractivity contribution in [3.05, 3.63) is 6.20 Å². The Kier molecular flexibility index (Phi) is 2.35. The van der Waals surface area contributed by atoms with Gasteiger partial charge in [0.05, 0.1) is 13.3 Å². The zero-order chi connectivity index (χ0) is 10.1. The first kappa shape index (κ1) is 9.37. The predicted octanol–water partition coefficient (Wildman–Crippen LogP) is 1.64. The highest BCUT2D eigenvalue weighted by Gasteiger charge is 2.28. The SMILES string of the molecule is COc1nn(C)cc1NC(C)C1CC1. The van der Waals surface area contributed by atoms with Crippen LogP contribution >= 0.6 is 0 Å². The fourth-order valence-electron chi connectivity index (χ4n) is 1.68. The van der Waals surface area contributed by atoms with Crippen LogP contribution in [-0.4, -0.2) is 22.9 Å². The Morgan fingerprint density at radius 3 is 2.93 bits per heavy atom. The number of anilines is 1. The van der Waals surface area contributed by atoms with Crippen molar-refractivity contribution in [3.63, 3.8) is 0 Å². The van der Waals surface area contributed by atoms with Crippen molar-refractivity contribution in [2.75, 3.05) is 12.4 Å². The van der Waals surface area contributed by atoms with Crippen LogP contribution < -0.4 is 10.1 Å². The second-order valence-electron chi connectivity index (χ2n) is 4.00. The van der Waals surface area contributed by atoms with E-state index in [1.54, 1.807) is 11.8 Å². The topological polar surface area (TPSA) is 39.1 Å². The number of hydrogen-bond acceptors (Lipinski definition) is 3. The van der Waals surface area contributed by atoms with Crippen LogP contribution in [0.3, 0.4) is 0 Å². The normalized spacial score (nSPS) is 17.9. The highest BCUT2D eigenvalue weighted by atomic mass is 16.5. The van der Waals surface area contributed by atoms with Gasteiger partial charge in [0, 0.05) is 13.1 Å². The van der Waals surface area contributed by atoms with E-state index in [4.69, 9.17) is 4.74 Å². The molecule has 1 heterocycles. The molecule has 1 atom stereocenters. The van der Waals surface area contributed by atoms with Gasteiger partial charge < -0.3 is 10.1 Å². The second kappa shape index (κ2) is 3.52. The van der Waals surface area contributed by atoms with Crippen LogP contribution in [0.1, 0.15) is 19.8 Å². The van der Waals surface area contributed by atoms with E-state index in [0.717, 1.165) is 11.6 Å². The zero-order valence-corrected chi connectivity index (χ0v) is 8.95. The van der Waals surface area contributed by atoms with Crippen LogP contribution in [0.5, 0.6) is 5.88 Å². The molecule has 1 aromatic heterocycles. The summed E-state index contributed by atoms with van der Waals surface area (Å²) in [4.78, 5) is 0. The first-order chi connectivity index (χ1) is 6.70. The maximum absolute atomic E-state index is 5.17. The average molecular weight is 195 g/mol. The first-order valence-electron chi connectivity index (χ1n) is 5.05. The molecule has 0 spiro atoms. The number of rotatable bonds is 4. The number of ether oxygens (including phenoxy) is 1. The molecule has 1 N–H and O–H groups in total. The molecule has 0 bridgehead atoms. The van der Waals surface area contributed by atoms with Crippen molar-refractivity contribution in [1.29, 1.82) is 0 Å². The Bertz CT molecular complexity index is 317. The van der Waals surface area contributed by atoms with Crippen LogP contribution in [0.15, 0.2) is 6.20 Å². The number of nitrogens with zero attached hydrogens (tertiary/aromatic N) is 2. The average Bonchev–Trinajstić information content (AvgIpc) is 2.92. The molecule has 0 aromatic carbocycles. The standard InChI is InChI=1S/C10H17N3O/c1-7(8-4-5-8)11-9-6-13(2)12-10(9)14-3/h6-8,11H,4-5H2,1-3H3. The summed E-state index contributed by atoms with van der Waals surface area (Å²) in [7, 11) is 3.55. The van der Waals surface area contributed by atoms with E-state index >= 15 is 0 Å². The molecule has 2 rings (SSSR count). The molecule has 78 valence electrons. The largest absolute Gasteiger partial charge is 0.478 e. The van der Waals surface area contributed by atoms with Crippen LogP contribution in [0.2, 0.25) is 0 Å². The van der Waals surface area contributed by atoms with Crippen LogP contribution in [0, 0.1) is 5.92 Å². The molecule has 14 heavy (non-hydrogen) atoms. The van der Waals surface area contributed by atoms with Gasteiger partial charge in [-0.3, -0.25) is 4.68 Å². The Morgan fingerprint density at radius 2 is 2.36 bits per heavy atom. The van der Waals surface area contributed by atoms with Crippen LogP contribution in [0.4, 0.5) is 5.69 Å². The molecule has 1 aromatic rings. The lowest BCUT2D eigenvalue weighted by Gasteiger charge is -2.12. The molecular weight excluding hydrogens is 178 g/mol. The zero-order valence-electron chi connectivity index (χ0n) is 8.95. The summed E-state index contributed by atoms with van der Waals surface area (Å²) in [5.41, 5.74) is 0.995. The molecule has 0 aliphatic heterocycles. The fourth-order valence-corrected chi connectivity index (χ4v) is 1.68. The number of nitrogens with one attached hydrogen (secondary N) is 1. The molecule has 0 amide bonds. The monoisotopic (exact) mass is 195 g/mol. The summed E-state index contributed by atoms with van der Waals surface area (Å²) in [6.45, 7) is 2.21. The summed E-state index contributed by atoms with van der Waals surface area (Å²) in [6.07, 6.45) is 4.64. The van der Waals surface area contributed by atoms with Gasteiger partial charge in [0.15, 0.2) is 0 Å². The minimum atomic E-state index is 0.521. The number of aromatic nitrogens is 2. The lowest BCUT2D eigenvalue weighted by molar-refractivity contribution is 0.393. The third-order valence-corrected chi connectivity index (χ3v) is 2.70. The lowest BCUT2D eigenvalue weighted by Crippen LogP contribution is -2.17. The predicted molar refractivity (Wildman–Crippen MR) is 55.6 cm³/mol. The molecule has 1 saturated carbocycles. The van der Waals surface area contributed by atoms with Gasteiger partial charge in [-0.25, -0.2) is 0 Å². The number of hydrogen-bond donors (Lipinski definition) is 1. The Morgan fingerprint density at radius 1 is 1.64 bits per heavy atom. The molecule has 4 heteroatoms. The van der Waals surface area contributed by atoms with Gasteiger partial charge in [-0.1, -0.05) is 0 Å². The smallest absolute Gasteiger partial charge is 0.256 e. The second-order valence-corrected chi connectivity index (χ2v) is 4.00. The molecule has 1 fully saturated rings. The van der Waals surface area contributed by atoms with Crippen molar-refractivity contribution in [3.8, 4) is 5.88 Å². The van der Waals surface area contributed by atoms with Gasteiger partial charge in [0.2, 0.25) is 0 Å². The van der Waals surface area contributed by atoms with Crippen molar-refractivity contribution in [1.82, 2.24) is 9.78 Å². The summed E-state index contributed by atoms with van der Waals surface area (Å²) in [6, 6.07) is 0.521. The summed E-state index contributed by atoms with van der Waals surface area (Å²) < 4.78 is 6.94. The van der Waals surface area contributed by atoms with Crippen LogP contribution in [0.25, 0.3) is 0 Å². The summed E-state index contributed by atoms with van der Waals surface area (Å²) >= 11 is 0. The molecule has 0 saturated heterocycles. The molecular formula is C10H17N3O. The van der Waals surface area contributed by atoms with E-state index in [1.807, 2.05) is 13.2 Å². The maximum atomic E-state index is 5.17. The lowest BCUT2D eigenvalue weighted by atomic mass is 10.2. The van der Waals surface area contributed by atoms with Gasteiger partial charge in [0.25, 0.3) is 5.88 Å². The van der Waals surface area contributed by atoms with Crippen LogP contribution in [-0.2, 0) is 7.05 Å². The Balaban J connectivity index is 2.06. The van der Waals surface area contributed by atoms with E-state index in [-0.39, 0.29) is 0 Å². The molecule has 1 aliphatic carbocycles. The highest BCUT2D eigenvalue weighted by Crippen LogP contribution is 2.35. The highest BCUT2D eigenvalue weighted by molar-refractivity contribution is 5.51. The molecule has 4 nitrogen and oxygen atoms in total. The van der Waals surface area contributed by atoms with E-state index in [2.05, 4.69) is 17.3 Å². The van der Waals surface area contributed by atoms with E-state index in [1.165, 1.54) is 12.8 Å². The Hall–Kier alpha value is -1.19. The minimum Gasteiger partial charge on any atom is -0.478 e. The van der Waals surface area contributed by atoms with Crippen molar-refractivity contribution < 1.29 is 4.74 Å². The Labute approximate surface area is 84.3 Å². The maximum Gasteiger partial charge on any atom is 0.256 e. The van der Waals surface area contributed by atoms with E-state index < -0.39 is 0 Å². The third-order valence-electron chi connectivity index (χ3n) is 2.70. The quantitative estimate of drug-likeness (QED) is 0.793.